The van der Waals surface area contributed by atoms with Gasteiger partial charge >= 0.3 is 5.97 Å². The first-order valence-electron chi connectivity index (χ1n) is 5.21. The van der Waals surface area contributed by atoms with Crippen LogP contribution in [0.2, 0.25) is 0 Å². The third-order valence-corrected chi connectivity index (χ3v) is 2.74. The minimum absolute atomic E-state index is 0.0163. The second kappa shape index (κ2) is 6.66. The molecule has 4 heteroatoms. The lowest BCUT2D eigenvalue weighted by Gasteiger charge is -2.07. The summed E-state index contributed by atoms with van der Waals surface area (Å²) in [7, 11) is 0. The van der Waals surface area contributed by atoms with Gasteiger partial charge in [0, 0.05) is 10.9 Å². The third-order valence-electron chi connectivity index (χ3n) is 2.24. The van der Waals surface area contributed by atoms with Gasteiger partial charge in [-0.1, -0.05) is 22.0 Å². The molecule has 0 fully saturated rings. The number of aliphatic hydroxyl groups excluding tert-OH is 1. The van der Waals surface area contributed by atoms with E-state index in [0.717, 1.165) is 15.6 Å². The van der Waals surface area contributed by atoms with Crippen LogP contribution < -0.4 is 0 Å². The molecule has 1 N–H and O–H groups in total. The van der Waals surface area contributed by atoms with E-state index < -0.39 is 0 Å². The van der Waals surface area contributed by atoms with Gasteiger partial charge in [0.25, 0.3) is 0 Å². The standard InChI is InChI=1S/C12H15BrO3/c1-2-16-12(15)6-4-9-3-5-11(13)7-10(9)8-14/h3,5,7,14H,2,4,6,8H2,1H3. The molecule has 0 saturated carbocycles. The Morgan fingerprint density at radius 2 is 2.19 bits per heavy atom. The number of esters is 1. The average molecular weight is 287 g/mol. The van der Waals surface area contributed by atoms with Crippen LogP contribution >= 0.6 is 15.9 Å². The van der Waals surface area contributed by atoms with E-state index in [0.29, 0.717) is 19.4 Å². The van der Waals surface area contributed by atoms with E-state index in [2.05, 4.69) is 15.9 Å². The van der Waals surface area contributed by atoms with Gasteiger partial charge in [-0.15, -0.1) is 0 Å². The van der Waals surface area contributed by atoms with Crippen LogP contribution in [0.1, 0.15) is 24.5 Å². The maximum atomic E-state index is 11.2. The summed E-state index contributed by atoms with van der Waals surface area (Å²) in [4.78, 5) is 11.2. The van der Waals surface area contributed by atoms with Crippen molar-refractivity contribution in [1.29, 1.82) is 0 Å². The molecular formula is C12H15BrO3. The first-order valence-corrected chi connectivity index (χ1v) is 6.00. The maximum absolute atomic E-state index is 11.2. The Morgan fingerprint density at radius 3 is 2.81 bits per heavy atom. The first-order chi connectivity index (χ1) is 7.67. The maximum Gasteiger partial charge on any atom is 0.306 e. The molecule has 0 spiro atoms. The van der Waals surface area contributed by atoms with E-state index in [1.165, 1.54) is 0 Å². The molecule has 1 aromatic carbocycles. The summed E-state index contributed by atoms with van der Waals surface area (Å²) < 4.78 is 5.78. The van der Waals surface area contributed by atoms with E-state index in [-0.39, 0.29) is 12.6 Å². The number of hydrogen-bond donors (Lipinski definition) is 1. The van der Waals surface area contributed by atoms with Crippen LogP contribution in [-0.2, 0) is 22.6 Å². The molecule has 88 valence electrons. The smallest absolute Gasteiger partial charge is 0.306 e. The highest BCUT2D eigenvalue weighted by Gasteiger charge is 2.06. The Kier molecular flexibility index (Phi) is 5.49. The van der Waals surface area contributed by atoms with Gasteiger partial charge in [0.15, 0.2) is 0 Å². The quantitative estimate of drug-likeness (QED) is 0.846. The summed E-state index contributed by atoms with van der Waals surface area (Å²) in [6.45, 7) is 2.18. The van der Waals surface area contributed by atoms with Crippen molar-refractivity contribution in [2.45, 2.75) is 26.4 Å². The topological polar surface area (TPSA) is 46.5 Å². The largest absolute Gasteiger partial charge is 0.466 e. The number of rotatable bonds is 5. The highest BCUT2D eigenvalue weighted by atomic mass is 79.9. The van der Waals surface area contributed by atoms with Gasteiger partial charge in [-0.05, 0) is 36.6 Å². The molecule has 0 unspecified atom stereocenters. The Labute approximate surface area is 104 Å². The molecule has 0 aliphatic carbocycles. The van der Waals surface area contributed by atoms with Gasteiger partial charge in [0.1, 0.15) is 0 Å². The fourth-order valence-corrected chi connectivity index (χ4v) is 1.86. The summed E-state index contributed by atoms with van der Waals surface area (Å²) in [6.07, 6.45) is 0.949. The molecule has 0 saturated heterocycles. The second-order valence-electron chi connectivity index (χ2n) is 3.38. The molecule has 0 atom stereocenters. The highest BCUT2D eigenvalue weighted by Crippen LogP contribution is 2.18. The predicted octanol–water partition coefficient (Wildman–Crippen LogP) is 2.44. The van der Waals surface area contributed by atoms with Crippen molar-refractivity contribution < 1.29 is 14.6 Å². The minimum Gasteiger partial charge on any atom is -0.466 e. The Hall–Kier alpha value is -0.870. The highest BCUT2D eigenvalue weighted by molar-refractivity contribution is 9.10. The van der Waals surface area contributed by atoms with E-state index in [9.17, 15) is 9.90 Å². The lowest BCUT2D eigenvalue weighted by molar-refractivity contribution is -0.143. The van der Waals surface area contributed by atoms with Crippen LogP contribution in [0.25, 0.3) is 0 Å². The van der Waals surface area contributed by atoms with Crippen LogP contribution in [0.3, 0.4) is 0 Å². The first kappa shape index (κ1) is 13.2. The van der Waals surface area contributed by atoms with E-state index in [1.807, 2.05) is 18.2 Å². The van der Waals surface area contributed by atoms with Crippen molar-refractivity contribution in [2.75, 3.05) is 6.61 Å². The van der Waals surface area contributed by atoms with Crippen LogP contribution in [0.4, 0.5) is 0 Å². The molecule has 1 rings (SSSR count). The number of benzene rings is 1. The SMILES string of the molecule is CCOC(=O)CCc1ccc(Br)cc1CO. The van der Waals surface area contributed by atoms with Gasteiger partial charge in [-0.3, -0.25) is 4.79 Å². The Morgan fingerprint density at radius 1 is 1.44 bits per heavy atom. The predicted molar refractivity (Wildman–Crippen MR) is 65.0 cm³/mol. The van der Waals surface area contributed by atoms with Gasteiger partial charge in [0.2, 0.25) is 0 Å². The number of hydrogen-bond acceptors (Lipinski definition) is 3. The molecule has 0 bridgehead atoms. The van der Waals surface area contributed by atoms with E-state index in [4.69, 9.17) is 4.74 Å². The molecule has 0 radical (unpaired) electrons. The molecule has 0 aromatic heterocycles. The molecule has 0 heterocycles. The van der Waals surface area contributed by atoms with Crippen LogP contribution in [0.15, 0.2) is 22.7 Å². The van der Waals surface area contributed by atoms with Gasteiger partial charge in [-0.25, -0.2) is 0 Å². The lowest BCUT2D eigenvalue weighted by Crippen LogP contribution is -2.06. The zero-order valence-corrected chi connectivity index (χ0v) is 10.8. The van der Waals surface area contributed by atoms with Gasteiger partial charge < -0.3 is 9.84 Å². The fraction of sp³-hybridized carbons (Fsp3) is 0.417. The Balaban J connectivity index is 2.63. The van der Waals surface area contributed by atoms with Crippen LogP contribution in [0, 0.1) is 0 Å². The van der Waals surface area contributed by atoms with Crippen molar-refractivity contribution in [3.63, 3.8) is 0 Å². The number of carbonyl (C=O) groups is 1. The molecule has 16 heavy (non-hydrogen) atoms. The summed E-state index contributed by atoms with van der Waals surface area (Å²) >= 11 is 3.34. The summed E-state index contributed by atoms with van der Waals surface area (Å²) in [6, 6.07) is 5.68. The molecule has 0 amide bonds. The van der Waals surface area contributed by atoms with Crippen LogP contribution in [0.5, 0.6) is 0 Å². The monoisotopic (exact) mass is 286 g/mol. The van der Waals surface area contributed by atoms with Crippen molar-refractivity contribution in [3.05, 3.63) is 33.8 Å². The third kappa shape index (κ3) is 3.94. The zero-order chi connectivity index (χ0) is 12.0. The zero-order valence-electron chi connectivity index (χ0n) is 9.20. The lowest BCUT2D eigenvalue weighted by atomic mass is 10.0. The van der Waals surface area contributed by atoms with Crippen molar-refractivity contribution in [1.82, 2.24) is 0 Å². The number of halogens is 1. The number of ether oxygens (including phenoxy) is 1. The van der Waals surface area contributed by atoms with E-state index in [1.54, 1.807) is 6.92 Å². The molecule has 0 aliphatic heterocycles. The van der Waals surface area contributed by atoms with Crippen molar-refractivity contribution in [2.24, 2.45) is 0 Å². The fourth-order valence-electron chi connectivity index (χ4n) is 1.46. The minimum atomic E-state index is -0.200. The van der Waals surface area contributed by atoms with Crippen LogP contribution in [-0.4, -0.2) is 17.7 Å². The number of aryl methyl sites for hydroxylation is 1. The molecule has 3 nitrogen and oxygen atoms in total. The van der Waals surface area contributed by atoms with Crippen molar-refractivity contribution >= 4 is 21.9 Å². The van der Waals surface area contributed by atoms with Gasteiger partial charge in [-0.2, -0.15) is 0 Å². The van der Waals surface area contributed by atoms with Gasteiger partial charge in [0.05, 0.1) is 13.2 Å². The molecule has 0 aliphatic rings. The normalized spacial score (nSPS) is 10.2. The molecule has 1 aromatic rings. The number of aliphatic hydroxyl groups is 1. The Bertz CT molecular complexity index is 363. The summed E-state index contributed by atoms with van der Waals surface area (Å²) in [5.74, 6) is -0.200. The number of carbonyl (C=O) groups excluding carboxylic acids is 1. The molecular weight excluding hydrogens is 272 g/mol. The average Bonchev–Trinajstić information content (AvgIpc) is 2.27. The van der Waals surface area contributed by atoms with E-state index >= 15 is 0 Å². The second-order valence-corrected chi connectivity index (χ2v) is 4.29. The summed E-state index contributed by atoms with van der Waals surface area (Å²) in [5.41, 5.74) is 1.83. The van der Waals surface area contributed by atoms with Crippen molar-refractivity contribution in [3.8, 4) is 0 Å². The summed E-state index contributed by atoms with van der Waals surface area (Å²) in [5, 5.41) is 9.17.